The number of fused-ring (bicyclic) bond motifs is 2. The van der Waals surface area contributed by atoms with Crippen molar-refractivity contribution in [2.45, 2.75) is 242 Å². The van der Waals surface area contributed by atoms with E-state index in [2.05, 4.69) is 148 Å². The van der Waals surface area contributed by atoms with Crippen LogP contribution in [0, 0.1) is 5.92 Å². The molecule has 0 aliphatic carbocycles. The molecule has 0 spiro atoms. The number of carbonyl (C=O) groups excluding carboxylic acids is 1. The normalized spacial score (nSPS) is 27.5. The van der Waals surface area contributed by atoms with Crippen LogP contribution in [-0.2, 0) is 76.1 Å². The van der Waals surface area contributed by atoms with Crippen molar-refractivity contribution in [3.8, 4) is 11.5 Å². The zero-order valence-corrected chi connectivity index (χ0v) is 59.5. The highest BCUT2D eigenvalue weighted by Gasteiger charge is 2.56. The average Bonchev–Trinajstić information content (AvgIpc) is 0.981. The minimum atomic E-state index is -2.80. The Bertz CT molecular complexity index is 2960. The molecule has 0 N–H and O–H groups in total. The molecule has 4 fully saturated rings. The van der Waals surface area contributed by atoms with Crippen LogP contribution in [0.5, 0.6) is 11.5 Å². The van der Waals surface area contributed by atoms with Gasteiger partial charge in [-0.25, -0.2) is 0 Å². The second-order valence-corrected chi connectivity index (χ2v) is 38.2. The molecule has 0 radical (unpaired) electrons. The SMILES string of the molecule is COc1ccc(COCO[C@H]2[C@@H](OCOCc3ccc(OC)cc3)C[C@@]3(C)O[C@@H](CCCOCc4ccccc4)[C@@H](C)C[C@@H]3O[C@@H]2C[C@@H]2O[C@@H]3CC[C@](C)(O[Si](C)(C)C(C)(C)C)[C@@H](CCCO[Si](c4ccccc4)(c4ccccc4)C(C)(C)C)O[C@H]3CCC2=O)cc1. The van der Waals surface area contributed by atoms with Gasteiger partial charge in [-0.15, -0.1) is 0 Å². The molecule has 12 atom stereocenters. The van der Waals surface area contributed by atoms with E-state index in [0.29, 0.717) is 65.1 Å². The van der Waals surface area contributed by atoms with E-state index < -0.39 is 52.3 Å². The summed E-state index contributed by atoms with van der Waals surface area (Å²) in [4.78, 5) is 15.0. The monoisotopic (exact) mass is 1300 g/mol. The van der Waals surface area contributed by atoms with Gasteiger partial charge in [0.25, 0.3) is 8.32 Å². The fraction of sp³-hybridized carbons (Fsp3) is 0.592. The lowest BCUT2D eigenvalue weighted by molar-refractivity contribution is -0.232. The second kappa shape index (κ2) is 32.4. The average molecular weight is 1300 g/mol. The maximum absolute atomic E-state index is 15.0. The number of ether oxygens (including phenoxy) is 11. The van der Waals surface area contributed by atoms with Crippen LogP contribution in [0.4, 0.5) is 0 Å². The van der Waals surface area contributed by atoms with E-state index in [-0.39, 0.29) is 78.7 Å². The Hall–Kier alpha value is -4.64. The van der Waals surface area contributed by atoms with Crippen LogP contribution in [0.2, 0.25) is 23.2 Å². The third-order valence-electron chi connectivity index (χ3n) is 20.3. The number of methoxy groups -OCH3 is 2. The van der Waals surface area contributed by atoms with Crippen LogP contribution in [-0.4, -0.2) is 130 Å². The van der Waals surface area contributed by atoms with Gasteiger partial charge in [-0.1, -0.05) is 164 Å². The maximum atomic E-state index is 15.0. The molecule has 4 aliphatic rings. The molecule has 4 aliphatic heterocycles. The number of carbonyl (C=O) groups is 1. The molecule has 0 unspecified atom stereocenters. The number of benzene rings is 5. The van der Waals surface area contributed by atoms with Gasteiger partial charge in [-0.05, 0) is 146 Å². The largest absolute Gasteiger partial charge is 0.497 e. The molecule has 92 heavy (non-hydrogen) atoms. The zero-order valence-electron chi connectivity index (χ0n) is 57.5. The molecule has 0 saturated carbocycles. The quantitative estimate of drug-likeness (QED) is 0.0255. The van der Waals surface area contributed by atoms with Crippen molar-refractivity contribution in [2.75, 3.05) is 41.0 Å². The number of rotatable bonds is 29. The molecule has 5 aromatic rings. The minimum Gasteiger partial charge on any atom is -0.497 e. The van der Waals surface area contributed by atoms with E-state index in [0.717, 1.165) is 53.9 Å². The van der Waals surface area contributed by atoms with Gasteiger partial charge < -0.3 is 61.0 Å². The van der Waals surface area contributed by atoms with Gasteiger partial charge in [0, 0.05) is 32.5 Å². The Balaban J connectivity index is 0.972. The van der Waals surface area contributed by atoms with Gasteiger partial charge in [0.05, 0.1) is 88.0 Å². The van der Waals surface area contributed by atoms with E-state index in [1.54, 1.807) is 14.2 Å². The van der Waals surface area contributed by atoms with Crippen LogP contribution < -0.4 is 19.8 Å². The lowest BCUT2D eigenvalue weighted by Gasteiger charge is -2.47. The zero-order chi connectivity index (χ0) is 65.6. The van der Waals surface area contributed by atoms with Crippen LogP contribution in [0.15, 0.2) is 140 Å². The van der Waals surface area contributed by atoms with Crippen molar-refractivity contribution >= 4 is 32.8 Å². The minimum absolute atomic E-state index is 0.0189. The summed E-state index contributed by atoms with van der Waals surface area (Å²) in [6, 6.07) is 47.6. The number of Topliss-reactive ketones (excluding diaryl/α,β-unsaturated/α-hetero) is 1. The fourth-order valence-electron chi connectivity index (χ4n) is 14.0. The van der Waals surface area contributed by atoms with Gasteiger partial charge in [-0.3, -0.25) is 4.79 Å². The predicted octanol–water partition coefficient (Wildman–Crippen LogP) is 14.7. The summed E-state index contributed by atoms with van der Waals surface area (Å²) in [6.45, 7) is 27.5. The van der Waals surface area contributed by atoms with Gasteiger partial charge in [0.2, 0.25) is 0 Å². The van der Waals surface area contributed by atoms with E-state index in [1.165, 1.54) is 10.4 Å². The summed E-state index contributed by atoms with van der Waals surface area (Å²) in [6.07, 6.45) is 2.43. The van der Waals surface area contributed by atoms with Gasteiger partial charge >= 0.3 is 0 Å². The van der Waals surface area contributed by atoms with Crippen molar-refractivity contribution in [1.29, 1.82) is 0 Å². The van der Waals surface area contributed by atoms with E-state index in [4.69, 9.17) is 61.0 Å². The summed E-state index contributed by atoms with van der Waals surface area (Å²) >= 11 is 0. The fourth-order valence-corrected chi connectivity index (χ4v) is 20.3. The van der Waals surface area contributed by atoms with Crippen LogP contribution in [0.3, 0.4) is 0 Å². The highest BCUT2D eigenvalue weighted by atomic mass is 28.4. The molecular formula is C76H108O14Si2. The first-order valence-corrected chi connectivity index (χ1v) is 38.7. The molecule has 5 aromatic carbocycles. The Labute approximate surface area is 552 Å². The summed E-state index contributed by atoms with van der Waals surface area (Å²) in [5, 5.41) is 2.31. The highest BCUT2D eigenvalue weighted by Crippen LogP contribution is 2.48. The Morgan fingerprint density at radius 2 is 1.14 bits per heavy atom. The lowest BCUT2D eigenvalue weighted by atomic mass is 9.80. The standard InChI is InChI=1S/C76H108O14Si2/c1-55-47-71-76(9,89-64(55)31-23-45-80-50-56-25-17-14-18-26-56)49-69(83-53-81-51-57-33-37-59(78-10)38-34-57)72(84-54-82-52-58-35-39-60(79-11)40-36-58)68(88-71)48-67-63(77)41-42-65-66(86-67)43-44-75(8,90-91(12,13)73(2,3)4)70(87-65)32-24-46-85-92(74(5,6)7,61-27-19-15-20-28-61)62-29-21-16-22-30-62/h14-22,25-30,33-40,55,64-72H,23-24,31-32,41-54H2,1-13H3/t55-,64-,65-,66+,67-,68+,69-,70+,71-,72+,75-,76+/m0/s1. The molecule has 0 amide bonds. The molecule has 0 aromatic heterocycles. The molecule has 504 valence electrons. The van der Waals surface area contributed by atoms with Crippen molar-refractivity contribution in [2.24, 2.45) is 5.92 Å². The van der Waals surface area contributed by atoms with Crippen LogP contribution >= 0.6 is 0 Å². The molecule has 9 rings (SSSR count). The Morgan fingerprint density at radius 3 is 1.72 bits per heavy atom. The molecular weight excluding hydrogens is 1190 g/mol. The molecule has 4 saturated heterocycles. The first-order valence-electron chi connectivity index (χ1n) is 33.9. The van der Waals surface area contributed by atoms with Gasteiger partial charge in [0.15, 0.2) is 14.1 Å². The Morgan fingerprint density at radius 1 is 0.598 bits per heavy atom. The maximum Gasteiger partial charge on any atom is 0.261 e. The van der Waals surface area contributed by atoms with Crippen LogP contribution in [0.25, 0.3) is 0 Å². The Kier molecular flexibility index (Phi) is 25.2. The van der Waals surface area contributed by atoms with Crippen molar-refractivity contribution < 1.29 is 65.8 Å². The first kappa shape index (κ1) is 71.7. The van der Waals surface area contributed by atoms with Crippen LogP contribution in [0.1, 0.15) is 150 Å². The van der Waals surface area contributed by atoms with Gasteiger partial charge in [0.1, 0.15) is 37.3 Å². The topological polar surface area (TPSA) is 137 Å². The molecule has 16 heteroatoms. The second-order valence-electron chi connectivity index (χ2n) is 29.1. The molecule has 4 heterocycles. The van der Waals surface area contributed by atoms with E-state index in [1.807, 2.05) is 66.7 Å². The van der Waals surface area contributed by atoms with E-state index in [9.17, 15) is 4.79 Å². The van der Waals surface area contributed by atoms with Crippen molar-refractivity contribution in [3.63, 3.8) is 0 Å². The summed E-state index contributed by atoms with van der Waals surface area (Å²) in [7, 11) is -1.85. The number of hydrogen-bond donors (Lipinski definition) is 0. The van der Waals surface area contributed by atoms with Crippen molar-refractivity contribution in [3.05, 3.63) is 156 Å². The molecule has 14 nitrogen and oxygen atoms in total. The first-order chi connectivity index (χ1) is 44.0. The number of hydrogen-bond acceptors (Lipinski definition) is 14. The third kappa shape index (κ3) is 18.3. The lowest BCUT2D eigenvalue weighted by Crippen LogP contribution is -2.66. The summed E-state index contributed by atoms with van der Waals surface area (Å²) < 4.78 is 88.2. The smallest absolute Gasteiger partial charge is 0.261 e. The molecule has 0 bridgehead atoms. The van der Waals surface area contributed by atoms with E-state index >= 15 is 0 Å². The highest BCUT2D eigenvalue weighted by molar-refractivity contribution is 6.99. The summed E-state index contributed by atoms with van der Waals surface area (Å²) in [5.41, 5.74) is 1.66. The predicted molar refractivity (Wildman–Crippen MR) is 366 cm³/mol. The summed E-state index contributed by atoms with van der Waals surface area (Å²) in [5.74, 6) is 1.72. The van der Waals surface area contributed by atoms with Gasteiger partial charge in [-0.2, -0.15) is 0 Å². The number of ketones is 1. The third-order valence-corrected chi connectivity index (χ3v) is 29.9. The van der Waals surface area contributed by atoms with Crippen molar-refractivity contribution in [1.82, 2.24) is 0 Å².